The number of amides is 2. The number of rotatable bonds is 13. The van der Waals surface area contributed by atoms with Crippen molar-refractivity contribution < 1.29 is 19.1 Å². The molecule has 2 N–H and O–H groups in total. The summed E-state index contributed by atoms with van der Waals surface area (Å²) < 4.78 is 10.8. The van der Waals surface area contributed by atoms with E-state index in [2.05, 4.69) is 20.6 Å². The minimum Gasteiger partial charge on any atom is -0.444 e. The van der Waals surface area contributed by atoms with Gasteiger partial charge >= 0.3 is 12.2 Å². The lowest BCUT2D eigenvalue weighted by Gasteiger charge is -2.23. The molecule has 2 atom stereocenters. The van der Waals surface area contributed by atoms with Crippen molar-refractivity contribution in [3.8, 4) is 0 Å². The third-order valence-corrected chi connectivity index (χ3v) is 7.32. The summed E-state index contributed by atoms with van der Waals surface area (Å²) in [5.74, 6) is 0. The molecule has 10 heteroatoms. The van der Waals surface area contributed by atoms with Gasteiger partial charge in [-0.2, -0.15) is 0 Å². The summed E-state index contributed by atoms with van der Waals surface area (Å²) in [5, 5.41) is 6.04. The van der Waals surface area contributed by atoms with Crippen LogP contribution >= 0.6 is 22.7 Å². The molecular formula is C28H30N4O4S2. The number of nitrogens with one attached hydrogen (secondary N) is 2. The van der Waals surface area contributed by atoms with Gasteiger partial charge in [0.1, 0.15) is 13.2 Å². The van der Waals surface area contributed by atoms with Gasteiger partial charge in [-0.15, -0.1) is 22.7 Å². The molecule has 0 bridgehead atoms. The average Bonchev–Trinajstić information content (AvgIpc) is 3.65. The number of hydrogen-bond donors (Lipinski definition) is 2. The Morgan fingerprint density at radius 1 is 0.684 bits per heavy atom. The summed E-state index contributed by atoms with van der Waals surface area (Å²) in [6.45, 7) is 0.358. The maximum Gasteiger partial charge on any atom is 0.407 e. The minimum absolute atomic E-state index is 0.179. The fourth-order valence-electron chi connectivity index (χ4n) is 3.97. The Morgan fingerprint density at radius 2 is 1.11 bits per heavy atom. The maximum atomic E-state index is 12.6. The molecule has 0 spiro atoms. The van der Waals surface area contributed by atoms with Crippen LogP contribution in [0.1, 0.15) is 33.7 Å². The molecular weight excluding hydrogens is 520 g/mol. The van der Waals surface area contributed by atoms with Gasteiger partial charge < -0.3 is 20.1 Å². The van der Waals surface area contributed by atoms with Crippen molar-refractivity contribution in [2.45, 2.75) is 51.0 Å². The Labute approximate surface area is 230 Å². The van der Waals surface area contributed by atoms with Gasteiger partial charge in [-0.3, -0.25) is 9.97 Å². The average molecular weight is 551 g/mol. The zero-order valence-electron chi connectivity index (χ0n) is 20.8. The van der Waals surface area contributed by atoms with Crippen LogP contribution < -0.4 is 10.6 Å². The zero-order chi connectivity index (χ0) is 26.4. The van der Waals surface area contributed by atoms with Crippen molar-refractivity contribution in [2.24, 2.45) is 0 Å². The normalized spacial score (nSPS) is 12.3. The molecule has 2 heterocycles. The lowest BCUT2D eigenvalue weighted by molar-refractivity contribution is 0.132. The highest BCUT2D eigenvalue weighted by molar-refractivity contribution is 7.09. The molecule has 0 aliphatic carbocycles. The Balaban J connectivity index is 1.38. The predicted molar refractivity (Wildman–Crippen MR) is 148 cm³/mol. The lowest BCUT2D eigenvalue weighted by atomic mass is 9.96. The highest BCUT2D eigenvalue weighted by Gasteiger charge is 2.20. The fraction of sp³-hybridized carbons (Fsp3) is 0.286. The van der Waals surface area contributed by atoms with Crippen molar-refractivity contribution in [3.63, 3.8) is 0 Å². The van der Waals surface area contributed by atoms with Crippen LogP contribution in [0.15, 0.2) is 84.1 Å². The Hall–Kier alpha value is -3.76. The van der Waals surface area contributed by atoms with Gasteiger partial charge in [0, 0.05) is 24.5 Å². The molecule has 0 saturated carbocycles. The first-order chi connectivity index (χ1) is 18.6. The van der Waals surface area contributed by atoms with E-state index in [9.17, 15) is 9.59 Å². The van der Waals surface area contributed by atoms with Crippen LogP contribution in [-0.2, 0) is 35.5 Å². The van der Waals surface area contributed by atoms with Crippen molar-refractivity contribution in [3.05, 3.63) is 105 Å². The Kier molecular flexibility index (Phi) is 10.7. The smallest absolute Gasteiger partial charge is 0.407 e. The molecule has 0 aliphatic heterocycles. The SMILES string of the molecule is O=C(NC(CCC(Cc1ccccc1)NC(=O)OCc1cncs1)Cc1ccccc1)OCc1cncs1. The summed E-state index contributed by atoms with van der Waals surface area (Å²) >= 11 is 2.88. The fourth-order valence-corrected chi connectivity index (χ4v) is 4.98. The molecule has 8 nitrogen and oxygen atoms in total. The minimum atomic E-state index is -0.476. The zero-order valence-corrected chi connectivity index (χ0v) is 22.5. The molecule has 2 unspecified atom stereocenters. The van der Waals surface area contributed by atoms with Gasteiger partial charge in [-0.25, -0.2) is 9.59 Å². The van der Waals surface area contributed by atoms with Crippen molar-refractivity contribution in [1.82, 2.24) is 20.6 Å². The topological polar surface area (TPSA) is 102 Å². The van der Waals surface area contributed by atoms with Crippen LogP contribution in [0.25, 0.3) is 0 Å². The first-order valence-corrected chi connectivity index (χ1v) is 14.1. The van der Waals surface area contributed by atoms with E-state index in [-0.39, 0.29) is 25.3 Å². The number of alkyl carbamates (subject to hydrolysis) is 2. The monoisotopic (exact) mass is 550 g/mol. The third-order valence-electron chi connectivity index (χ3n) is 5.82. The second kappa shape index (κ2) is 14.8. The van der Waals surface area contributed by atoms with Gasteiger partial charge in [-0.05, 0) is 36.8 Å². The van der Waals surface area contributed by atoms with Gasteiger partial charge in [0.2, 0.25) is 0 Å². The van der Waals surface area contributed by atoms with E-state index in [4.69, 9.17) is 9.47 Å². The van der Waals surface area contributed by atoms with Gasteiger partial charge in [0.25, 0.3) is 0 Å². The van der Waals surface area contributed by atoms with E-state index in [1.54, 1.807) is 23.4 Å². The number of thiazole rings is 2. The molecule has 0 fully saturated rings. The van der Waals surface area contributed by atoms with Crippen molar-refractivity contribution >= 4 is 34.9 Å². The number of nitrogens with zero attached hydrogens (tertiary/aromatic N) is 2. The van der Waals surface area contributed by atoms with Gasteiger partial charge in [0.05, 0.1) is 20.8 Å². The largest absolute Gasteiger partial charge is 0.444 e. The molecule has 2 amide bonds. The summed E-state index contributed by atoms with van der Waals surface area (Å²) in [5.41, 5.74) is 5.63. The van der Waals surface area contributed by atoms with Gasteiger partial charge in [0.15, 0.2) is 0 Å². The number of benzene rings is 2. The first-order valence-electron chi connectivity index (χ1n) is 12.3. The highest BCUT2D eigenvalue weighted by atomic mass is 32.1. The molecule has 0 saturated heterocycles. The van der Waals surface area contributed by atoms with Crippen LogP contribution in [0.3, 0.4) is 0 Å². The second-order valence-corrected chi connectivity index (χ2v) is 10.7. The van der Waals surface area contributed by atoms with E-state index < -0.39 is 12.2 Å². The van der Waals surface area contributed by atoms with Crippen LogP contribution in [-0.4, -0.2) is 34.2 Å². The van der Waals surface area contributed by atoms with E-state index in [0.717, 1.165) is 20.9 Å². The second-order valence-electron chi connectivity index (χ2n) is 8.73. The standard InChI is InChI=1S/C28H30N4O4S2/c33-27(35-17-25-15-29-19-37-25)31-23(13-21-7-3-1-4-8-21)11-12-24(14-22-9-5-2-6-10-22)32-28(34)36-18-26-16-30-20-38-26/h1-10,15-16,19-20,23-24H,11-14,17-18H2,(H,31,33)(H,32,34). The molecule has 4 rings (SSSR count). The molecule has 198 valence electrons. The molecule has 2 aromatic carbocycles. The molecule has 0 aliphatic rings. The molecule has 38 heavy (non-hydrogen) atoms. The molecule has 4 aromatic rings. The van der Waals surface area contributed by atoms with Crippen molar-refractivity contribution in [1.29, 1.82) is 0 Å². The highest BCUT2D eigenvalue weighted by Crippen LogP contribution is 2.15. The maximum absolute atomic E-state index is 12.6. The number of ether oxygens (including phenoxy) is 2. The molecule has 0 radical (unpaired) electrons. The summed E-state index contributed by atoms with van der Waals surface area (Å²) in [7, 11) is 0. The quantitative estimate of drug-likeness (QED) is 0.220. The van der Waals surface area contributed by atoms with Crippen molar-refractivity contribution in [2.75, 3.05) is 0 Å². The number of aromatic nitrogens is 2. The summed E-state index contributed by atoms with van der Waals surface area (Å²) in [4.78, 5) is 35.0. The number of hydrogen-bond acceptors (Lipinski definition) is 8. The molecule has 2 aromatic heterocycles. The van der Waals surface area contributed by atoms with Crippen LogP contribution in [0.2, 0.25) is 0 Å². The Morgan fingerprint density at radius 3 is 1.47 bits per heavy atom. The van der Waals surface area contributed by atoms with E-state index >= 15 is 0 Å². The van der Waals surface area contributed by atoms with E-state index in [1.807, 2.05) is 60.7 Å². The number of carbonyl (C=O) groups is 2. The third kappa shape index (κ3) is 9.60. The van der Waals surface area contributed by atoms with Gasteiger partial charge in [-0.1, -0.05) is 60.7 Å². The lowest BCUT2D eigenvalue weighted by Crippen LogP contribution is -2.41. The first kappa shape index (κ1) is 27.3. The van der Waals surface area contributed by atoms with Crippen LogP contribution in [0, 0.1) is 0 Å². The number of carbonyl (C=O) groups excluding carboxylic acids is 2. The van der Waals surface area contributed by atoms with E-state index in [1.165, 1.54) is 22.7 Å². The summed E-state index contributed by atoms with van der Waals surface area (Å²) in [6.07, 6.45) is 4.98. The van der Waals surface area contributed by atoms with E-state index in [0.29, 0.717) is 25.7 Å². The van der Waals surface area contributed by atoms with Crippen LogP contribution in [0.5, 0.6) is 0 Å². The van der Waals surface area contributed by atoms with Crippen LogP contribution in [0.4, 0.5) is 9.59 Å². The predicted octanol–water partition coefficient (Wildman–Crippen LogP) is 5.76. The summed E-state index contributed by atoms with van der Waals surface area (Å²) in [6, 6.07) is 19.6. The Bertz CT molecular complexity index is 1120.